The number of rotatable bonds is 3. The Hall–Kier alpha value is -2.70. The molecule has 1 aliphatic rings. The lowest BCUT2D eigenvalue weighted by Crippen LogP contribution is -2.58. The van der Waals surface area contributed by atoms with Crippen LogP contribution in [0, 0.1) is 0 Å². The van der Waals surface area contributed by atoms with Crippen molar-refractivity contribution in [3.63, 3.8) is 0 Å². The number of hydrogen-bond donors (Lipinski definition) is 0. The van der Waals surface area contributed by atoms with Crippen LogP contribution in [0.2, 0.25) is 5.02 Å². The number of halogens is 9. The fourth-order valence-electron chi connectivity index (χ4n) is 2.63. The zero-order valence-corrected chi connectivity index (χ0v) is 15.2. The number of aromatic nitrogens is 3. The third kappa shape index (κ3) is 4.11. The average Bonchev–Trinajstić information content (AvgIpc) is 3.06. The molecule has 0 aliphatic carbocycles. The van der Waals surface area contributed by atoms with Gasteiger partial charge in [-0.05, 0) is 12.1 Å². The summed E-state index contributed by atoms with van der Waals surface area (Å²) in [5, 5.41) is 2.12. The maximum Gasteiger partial charge on any atom is 0.417 e. The van der Waals surface area contributed by atoms with Crippen LogP contribution in [-0.4, -0.2) is 44.6 Å². The van der Waals surface area contributed by atoms with Crippen molar-refractivity contribution in [2.45, 2.75) is 18.3 Å². The van der Waals surface area contributed by atoms with Crippen LogP contribution >= 0.6 is 11.6 Å². The lowest BCUT2D eigenvalue weighted by Gasteiger charge is -2.38. The Labute approximate surface area is 167 Å². The second-order valence-electron chi connectivity index (χ2n) is 6.36. The Balaban J connectivity index is 1.97. The van der Waals surface area contributed by atoms with E-state index in [1.807, 2.05) is 0 Å². The molecule has 1 amide bonds. The summed E-state index contributed by atoms with van der Waals surface area (Å²) in [6, 6.07) is 0.662. The third-order valence-electron chi connectivity index (χ3n) is 4.09. The van der Waals surface area contributed by atoms with E-state index in [2.05, 4.69) is 16.7 Å². The van der Waals surface area contributed by atoms with E-state index in [9.17, 15) is 39.9 Å². The number of alkyl halides is 8. The monoisotopic (exact) mass is 460 g/mol. The largest absolute Gasteiger partial charge is 0.417 e. The normalized spacial score (nSPS) is 16.4. The number of likely N-dealkylation sites (tertiary alicyclic amines) is 1. The zero-order valence-electron chi connectivity index (χ0n) is 14.5. The van der Waals surface area contributed by atoms with Crippen molar-refractivity contribution in [2.75, 3.05) is 13.1 Å². The van der Waals surface area contributed by atoms with Gasteiger partial charge in [0.2, 0.25) is 0 Å². The molecule has 162 valence electrons. The van der Waals surface area contributed by atoms with Crippen LogP contribution in [0.5, 0.6) is 0 Å². The molecule has 14 heteroatoms. The molecule has 1 aromatic carbocycles. The molecule has 0 saturated carbocycles. The van der Waals surface area contributed by atoms with Gasteiger partial charge in [-0.3, -0.25) is 4.79 Å². The molecular weight excluding hydrogens is 452 g/mol. The van der Waals surface area contributed by atoms with Crippen molar-refractivity contribution in [2.24, 2.45) is 0 Å². The lowest BCUT2D eigenvalue weighted by molar-refractivity contribution is -0.160. The molecule has 2 aromatic rings. The molecule has 1 fully saturated rings. The fourth-order valence-corrected chi connectivity index (χ4v) is 2.95. The molecule has 2 heterocycles. The Bertz CT molecular complexity index is 984. The highest BCUT2D eigenvalue weighted by Crippen LogP contribution is 2.44. The van der Waals surface area contributed by atoms with E-state index < -0.39 is 70.5 Å². The van der Waals surface area contributed by atoms with Gasteiger partial charge in [-0.2, -0.15) is 26.3 Å². The van der Waals surface area contributed by atoms with E-state index in [-0.39, 0.29) is 0 Å². The number of benzene rings is 1. The van der Waals surface area contributed by atoms with E-state index in [4.69, 9.17) is 11.6 Å². The Morgan fingerprint density at radius 2 is 1.57 bits per heavy atom. The highest BCUT2D eigenvalue weighted by molar-refractivity contribution is 6.32. The summed E-state index contributed by atoms with van der Waals surface area (Å²) in [4.78, 5) is 16.4. The van der Waals surface area contributed by atoms with E-state index in [1.54, 1.807) is 0 Å². The first kappa shape index (κ1) is 22.0. The van der Waals surface area contributed by atoms with Gasteiger partial charge in [0.15, 0.2) is 5.82 Å². The zero-order chi connectivity index (χ0) is 22.6. The first-order valence-electron chi connectivity index (χ1n) is 7.86. The van der Waals surface area contributed by atoms with E-state index in [0.29, 0.717) is 16.8 Å². The van der Waals surface area contributed by atoms with Gasteiger partial charge in [-0.25, -0.2) is 18.4 Å². The molecule has 1 aliphatic heterocycles. The number of carbonyl (C=O) groups is 1. The van der Waals surface area contributed by atoms with Crippen molar-refractivity contribution in [3.05, 3.63) is 41.2 Å². The molecule has 0 N–H and O–H groups in total. The van der Waals surface area contributed by atoms with Crippen molar-refractivity contribution < 1.29 is 39.9 Å². The summed E-state index contributed by atoms with van der Waals surface area (Å²) in [6.07, 6.45) is -9.58. The number of hydrogen-bond acceptors (Lipinski definition) is 3. The van der Waals surface area contributed by atoms with Crippen LogP contribution in [0.3, 0.4) is 0 Å². The summed E-state index contributed by atoms with van der Waals surface area (Å²) in [5.41, 5.74) is -4.63. The number of carbonyl (C=O) groups excluding carboxylic acids is 1. The van der Waals surface area contributed by atoms with Crippen molar-refractivity contribution >= 4 is 23.2 Å². The SMILES string of the molecule is C=C(C(=O)N1CC(F)(F)C1)n1cnc(-c2cc(C(F)(F)F)c(Cl)c(C(F)(F)F)c2)n1. The van der Waals surface area contributed by atoms with Gasteiger partial charge in [0.25, 0.3) is 11.8 Å². The molecule has 0 bridgehead atoms. The van der Waals surface area contributed by atoms with Crippen molar-refractivity contribution in [3.8, 4) is 11.4 Å². The van der Waals surface area contributed by atoms with Gasteiger partial charge in [-0.1, -0.05) is 18.2 Å². The van der Waals surface area contributed by atoms with E-state index >= 15 is 0 Å². The average molecular weight is 461 g/mol. The van der Waals surface area contributed by atoms with Gasteiger partial charge in [-0.15, -0.1) is 5.10 Å². The summed E-state index contributed by atoms with van der Waals surface area (Å²) in [5.74, 6) is -4.58. The van der Waals surface area contributed by atoms with Crippen LogP contribution in [0.1, 0.15) is 11.1 Å². The van der Waals surface area contributed by atoms with Crippen LogP contribution in [0.4, 0.5) is 35.1 Å². The number of amides is 1. The molecule has 1 aromatic heterocycles. The lowest BCUT2D eigenvalue weighted by atomic mass is 10.0. The molecule has 0 radical (unpaired) electrons. The summed E-state index contributed by atoms with van der Waals surface area (Å²) in [6.45, 7) is 1.65. The molecule has 1 saturated heterocycles. The molecule has 0 unspecified atom stereocenters. The summed E-state index contributed by atoms with van der Waals surface area (Å²) < 4.78 is 105. The molecule has 0 atom stereocenters. The van der Waals surface area contributed by atoms with Crippen molar-refractivity contribution in [1.82, 2.24) is 19.7 Å². The molecule has 3 rings (SSSR count). The second kappa shape index (κ2) is 6.93. The fraction of sp³-hybridized carbons (Fsp3) is 0.312. The molecule has 5 nitrogen and oxygen atoms in total. The second-order valence-corrected chi connectivity index (χ2v) is 6.74. The molecule has 0 spiro atoms. The Morgan fingerprint density at radius 3 is 2.00 bits per heavy atom. The van der Waals surface area contributed by atoms with Crippen LogP contribution in [0.25, 0.3) is 17.1 Å². The first-order chi connectivity index (χ1) is 13.6. The van der Waals surface area contributed by atoms with Crippen molar-refractivity contribution in [1.29, 1.82) is 0 Å². The predicted molar refractivity (Wildman–Crippen MR) is 87.3 cm³/mol. The third-order valence-corrected chi connectivity index (χ3v) is 4.50. The summed E-state index contributed by atoms with van der Waals surface area (Å²) in [7, 11) is 0. The van der Waals surface area contributed by atoms with Crippen LogP contribution < -0.4 is 0 Å². The van der Waals surface area contributed by atoms with Crippen LogP contribution in [0.15, 0.2) is 25.0 Å². The standard InChI is InChI=1S/C16H9ClF8N4O/c1-7(13(30)28-4-14(18,19)5-28)29-6-26-12(27-29)8-2-9(15(20,21)22)11(17)10(3-8)16(23,24)25/h2-3,6H,1,4-5H2. The van der Waals surface area contributed by atoms with Gasteiger partial charge in [0, 0.05) is 5.56 Å². The van der Waals surface area contributed by atoms with Gasteiger partial charge in [0.1, 0.15) is 12.0 Å². The van der Waals surface area contributed by atoms with Crippen LogP contribution in [-0.2, 0) is 17.1 Å². The smallest absolute Gasteiger partial charge is 0.325 e. The highest BCUT2D eigenvalue weighted by atomic mass is 35.5. The Kier molecular flexibility index (Phi) is 5.08. The first-order valence-corrected chi connectivity index (χ1v) is 8.24. The minimum atomic E-state index is -5.20. The summed E-state index contributed by atoms with van der Waals surface area (Å²) >= 11 is 5.30. The number of nitrogens with zero attached hydrogens (tertiary/aromatic N) is 4. The molecule has 30 heavy (non-hydrogen) atoms. The van der Waals surface area contributed by atoms with E-state index in [0.717, 1.165) is 11.2 Å². The maximum absolute atomic E-state index is 13.1. The minimum absolute atomic E-state index is 0.331. The Morgan fingerprint density at radius 1 is 1.07 bits per heavy atom. The highest BCUT2D eigenvalue weighted by Gasteiger charge is 2.47. The quantitative estimate of drug-likeness (QED) is 0.497. The molecular formula is C16H9ClF8N4O. The topological polar surface area (TPSA) is 51.0 Å². The van der Waals surface area contributed by atoms with Gasteiger partial charge >= 0.3 is 12.4 Å². The van der Waals surface area contributed by atoms with E-state index in [1.165, 1.54) is 0 Å². The predicted octanol–water partition coefficient (Wildman–Crippen LogP) is 4.58. The van der Waals surface area contributed by atoms with Gasteiger partial charge in [0.05, 0.1) is 29.2 Å². The van der Waals surface area contributed by atoms with Gasteiger partial charge < -0.3 is 4.90 Å². The minimum Gasteiger partial charge on any atom is -0.325 e. The maximum atomic E-state index is 13.1.